The highest BCUT2D eigenvalue weighted by atomic mass is 16.5. The van der Waals surface area contributed by atoms with E-state index in [1.54, 1.807) is 31.4 Å². The van der Waals surface area contributed by atoms with Crippen molar-refractivity contribution >= 4 is 17.6 Å². The lowest BCUT2D eigenvalue weighted by Gasteiger charge is -2.16. The van der Waals surface area contributed by atoms with Crippen LogP contribution in [-0.2, 0) is 16.1 Å². The number of hydrogen-bond donors (Lipinski definition) is 2. The highest BCUT2D eigenvalue weighted by Crippen LogP contribution is 2.18. The number of benzene rings is 2. The van der Waals surface area contributed by atoms with E-state index >= 15 is 0 Å². The van der Waals surface area contributed by atoms with E-state index in [4.69, 9.17) is 4.74 Å². The first-order chi connectivity index (χ1) is 12.4. The molecule has 2 N–H and O–H groups in total. The van der Waals surface area contributed by atoms with Gasteiger partial charge in [0, 0.05) is 11.3 Å². The SMILES string of the molecule is COC(=O)c1ccc(NC(=O)C[NH+](C)Cc2cc(C)ccc2OC)cc1. The molecule has 1 unspecified atom stereocenters. The minimum Gasteiger partial charge on any atom is -0.496 e. The van der Waals surface area contributed by atoms with Gasteiger partial charge in [-0.15, -0.1) is 0 Å². The van der Waals surface area contributed by atoms with Crippen LogP contribution >= 0.6 is 0 Å². The molecule has 0 radical (unpaired) electrons. The van der Waals surface area contributed by atoms with Crippen molar-refractivity contribution in [2.75, 3.05) is 33.1 Å². The van der Waals surface area contributed by atoms with Gasteiger partial charge in [0.1, 0.15) is 12.3 Å². The largest absolute Gasteiger partial charge is 0.496 e. The Morgan fingerprint density at radius 3 is 2.38 bits per heavy atom. The molecular formula is C20H25N2O4+. The molecule has 0 aliphatic carbocycles. The van der Waals surface area contributed by atoms with Crippen LogP contribution in [0.1, 0.15) is 21.5 Å². The van der Waals surface area contributed by atoms with E-state index in [-0.39, 0.29) is 5.91 Å². The van der Waals surface area contributed by atoms with Crippen molar-refractivity contribution in [3.05, 3.63) is 59.2 Å². The molecular weight excluding hydrogens is 332 g/mol. The van der Waals surface area contributed by atoms with Crippen molar-refractivity contribution in [1.82, 2.24) is 0 Å². The van der Waals surface area contributed by atoms with Gasteiger partial charge in [-0.05, 0) is 43.3 Å². The van der Waals surface area contributed by atoms with E-state index in [1.165, 1.54) is 7.11 Å². The van der Waals surface area contributed by atoms with Gasteiger partial charge >= 0.3 is 5.97 Å². The summed E-state index contributed by atoms with van der Waals surface area (Å²) >= 11 is 0. The number of hydrogen-bond acceptors (Lipinski definition) is 4. The van der Waals surface area contributed by atoms with Crippen molar-refractivity contribution in [1.29, 1.82) is 0 Å². The zero-order valence-electron chi connectivity index (χ0n) is 15.6. The lowest BCUT2D eigenvalue weighted by Crippen LogP contribution is -3.08. The Hall–Kier alpha value is -2.86. The zero-order valence-corrected chi connectivity index (χ0v) is 15.6. The number of carbonyl (C=O) groups is 2. The van der Waals surface area contributed by atoms with Crippen molar-refractivity contribution in [2.45, 2.75) is 13.5 Å². The summed E-state index contributed by atoms with van der Waals surface area (Å²) in [6, 6.07) is 12.6. The summed E-state index contributed by atoms with van der Waals surface area (Å²) < 4.78 is 10.0. The molecule has 0 aromatic heterocycles. The summed E-state index contributed by atoms with van der Waals surface area (Å²) in [6.07, 6.45) is 0. The highest BCUT2D eigenvalue weighted by Gasteiger charge is 2.14. The molecule has 2 aromatic carbocycles. The maximum Gasteiger partial charge on any atom is 0.337 e. The second-order valence-corrected chi connectivity index (χ2v) is 6.24. The minimum atomic E-state index is -0.404. The van der Waals surface area contributed by atoms with E-state index in [1.807, 2.05) is 26.1 Å². The fraction of sp³-hybridized carbons (Fsp3) is 0.300. The van der Waals surface area contributed by atoms with Crippen LogP contribution in [0.15, 0.2) is 42.5 Å². The topological polar surface area (TPSA) is 69.1 Å². The van der Waals surface area contributed by atoms with Gasteiger partial charge in [0.2, 0.25) is 0 Å². The first-order valence-corrected chi connectivity index (χ1v) is 8.36. The molecule has 2 rings (SSSR count). The Balaban J connectivity index is 1.93. The number of esters is 1. The molecule has 0 bridgehead atoms. The summed E-state index contributed by atoms with van der Waals surface area (Å²) in [5.41, 5.74) is 3.31. The summed E-state index contributed by atoms with van der Waals surface area (Å²) in [5.74, 6) is 0.327. The van der Waals surface area contributed by atoms with E-state index in [2.05, 4.69) is 16.1 Å². The molecule has 26 heavy (non-hydrogen) atoms. The maximum atomic E-state index is 12.3. The number of carbonyl (C=O) groups excluding carboxylic acids is 2. The fourth-order valence-corrected chi connectivity index (χ4v) is 2.72. The monoisotopic (exact) mass is 357 g/mol. The number of aryl methyl sites for hydroxylation is 1. The van der Waals surface area contributed by atoms with Gasteiger partial charge in [0.15, 0.2) is 6.54 Å². The minimum absolute atomic E-state index is 0.0973. The highest BCUT2D eigenvalue weighted by molar-refractivity contribution is 5.93. The molecule has 0 saturated heterocycles. The Morgan fingerprint density at radius 1 is 1.08 bits per heavy atom. The number of anilines is 1. The Labute approximate surface area is 153 Å². The third kappa shape index (κ3) is 5.32. The average molecular weight is 357 g/mol. The second kappa shape index (κ2) is 9.01. The van der Waals surface area contributed by atoms with Crippen molar-refractivity contribution in [3.8, 4) is 5.75 Å². The van der Waals surface area contributed by atoms with Gasteiger partial charge in [-0.2, -0.15) is 0 Å². The molecule has 6 nitrogen and oxygen atoms in total. The van der Waals surface area contributed by atoms with Gasteiger partial charge < -0.3 is 19.7 Å². The molecule has 0 spiro atoms. The molecule has 0 aliphatic rings. The number of methoxy groups -OCH3 is 2. The van der Waals surface area contributed by atoms with Gasteiger partial charge in [0.25, 0.3) is 5.91 Å². The van der Waals surface area contributed by atoms with Crippen LogP contribution in [0, 0.1) is 6.92 Å². The zero-order chi connectivity index (χ0) is 19.1. The fourth-order valence-electron chi connectivity index (χ4n) is 2.72. The number of nitrogens with one attached hydrogen (secondary N) is 2. The number of quaternary nitrogens is 1. The number of likely N-dealkylation sites (N-methyl/N-ethyl adjacent to an activating group) is 1. The third-order valence-corrected chi connectivity index (χ3v) is 3.98. The lowest BCUT2D eigenvalue weighted by atomic mass is 10.1. The van der Waals surface area contributed by atoms with Crippen LogP contribution in [0.4, 0.5) is 5.69 Å². The van der Waals surface area contributed by atoms with Gasteiger partial charge in [-0.3, -0.25) is 4.79 Å². The Bertz CT molecular complexity index is 772. The maximum absolute atomic E-state index is 12.3. The number of ether oxygens (including phenoxy) is 2. The van der Waals surface area contributed by atoms with Gasteiger partial charge in [-0.1, -0.05) is 11.6 Å². The molecule has 6 heteroatoms. The molecule has 138 valence electrons. The second-order valence-electron chi connectivity index (χ2n) is 6.24. The average Bonchev–Trinajstić information content (AvgIpc) is 2.61. The van der Waals surface area contributed by atoms with Crippen LogP contribution in [0.25, 0.3) is 0 Å². The molecule has 0 saturated carbocycles. The van der Waals surface area contributed by atoms with Crippen molar-refractivity contribution in [2.24, 2.45) is 0 Å². The predicted octanol–water partition coefficient (Wildman–Crippen LogP) is 1.44. The quantitative estimate of drug-likeness (QED) is 0.736. The van der Waals surface area contributed by atoms with Crippen LogP contribution in [0.3, 0.4) is 0 Å². The molecule has 1 atom stereocenters. The Kier molecular flexibility index (Phi) is 6.74. The van der Waals surface area contributed by atoms with Gasteiger partial charge in [0.05, 0.1) is 26.8 Å². The lowest BCUT2D eigenvalue weighted by molar-refractivity contribution is -0.885. The van der Waals surface area contributed by atoms with E-state index < -0.39 is 5.97 Å². The summed E-state index contributed by atoms with van der Waals surface area (Å²) in [6.45, 7) is 3.03. The van der Waals surface area contributed by atoms with E-state index in [9.17, 15) is 9.59 Å². The molecule has 0 heterocycles. The Morgan fingerprint density at radius 2 is 1.77 bits per heavy atom. The van der Waals surface area contributed by atoms with E-state index in [0.29, 0.717) is 24.3 Å². The normalized spacial score (nSPS) is 11.5. The van der Waals surface area contributed by atoms with Crippen LogP contribution in [-0.4, -0.2) is 39.7 Å². The number of amides is 1. The summed E-state index contributed by atoms with van der Waals surface area (Å²) in [4.78, 5) is 24.7. The first-order valence-electron chi connectivity index (χ1n) is 8.36. The predicted molar refractivity (Wildman–Crippen MR) is 99.6 cm³/mol. The summed E-state index contributed by atoms with van der Waals surface area (Å²) in [5, 5.41) is 2.84. The molecule has 2 aromatic rings. The van der Waals surface area contributed by atoms with Crippen LogP contribution < -0.4 is 15.0 Å². The third-order valence-electron chi connectivity index (χ3n) is 3.98. The first kappa shape index (κ1) is 19.5. The molecule has 1 amide bonds. The molecule has 0 fully saturated rings. The van der Waals surface area contributed by atoms with Crippen molar-refractivity contribution in [3.63, 3.8) is 0 Å². The van der Waals surface area contributed by atoms with E-state index in [0.717, 1.165) is 21.8 Å². The van der Waals surface area contributed by atoms with Crippen molar-refractivity contribution < 1.29 is 24.0 Å². The van der Waals surface area contributed by atoms with Crippen LogP contribution in [0.5, 0.6) is 5.75 Å². The molecule has 0 aliphatic heterocycles. The summed E-state index contributed by atoms with van der Waals surface area (Å²) in [7, 11) is 4.94. The standard InChI is InChI=1S/C20H24N2O4/c1-14-5-10-18(25-3)16(11-14)12-22(2)13-19(23)21-17-8-6-15(7-9-17)20(24)26-4/h5-11H,12-13H2,1-4H3,(H,21,23)/p+1. The van der Waals surface area contributed by atoms with Gasteiger partial charge in [-0.25, -0.2) is 4.79 Å². The van der Waals surface area contributed by atoms with Crippen LogP contribution in [0.2, 0.25) is 0 Å². The smallest absolute Gasteiger partial charge is 0.337 e. The number of rotatable bonds is 7.